The van der Waals surface area contributed by atoms with Crippen LogP contribution < -0.4 is 5.32 Å². The zero-order valence-corrected chi connectivity index (χ0v) is 10.6. The van der Waals surface area contributed by atoms with Crippen LogP contribution >= 0.6 is 0 Å². The minimum atomic E-state index is -0.309. The molecule has 0 amide bonds. The highest BCUT2D eigenvalue weighted by Crippen LogP contribution is 2.20. The minimum Gasteiger partial charge on any atom is -0.392 e. The maximum absolute atomic E-state index is 9.76. The Morgan fingerprint density at radius 1 is 1.50 bits per heavy atom. The molecule has 0 aliphatic rings. The van der Waals surface area contributed by atoms with E-state index >= 15 is 0 Å². The van der Waals surface area contributed by atoms with Crippen molar-refractivity contribution in [2.45, 2.75) is 39.8 Å². The number of aryl methyl sites for hydroxylation is 1. The third-order valence-corrected chi connectivity index (χ3v) is 2.18. The Morgan fingerprint density at radius 3 is 2.69 bits per heavy atom. The maximum atomic E-state index is 9.76. The van der Waals surface area contributed by atoms with Crippen LogP contribution in [-0.2, 0) is 13.6 Å². The number of rotatable bonds is 5. The molecule has 1 unspecified atom stereocenters. The van der Waals surface area contributed by atoms with E-state index in [1.807, 2.05) is 13.2 Å². The van der Waals surface area contributed by atoms with E-state index in [1.54, 1.807) is 4.68 Å². The van der Waals surface area contributed by atoms with E-state index in [-0.39, 0.29) is 11.5 Å². The Bertz CT molecular complexity index is 316. The van der Waals surface area contributed by atoms with Gasteiger partial charge in [0.25, 0.3) is 0 Å². The summed E-state index contributed by atoms with van der Waals surface area (Å²) in [6.45, 7) is 7.61. The van der Waals surface area contributed by atoms with Crippen molar-refractivity contribution in [3.8, 4) is 0 Å². The highest BCUT2D eigenvalue weighted by atomic mass is 16.3. The number of hydrogen-bond donors (Lipinski definition) is 2. The number of aliphatic hydroxyl groups excluding tert-OH is 1. The van der Waals surface area contributed by atoms with Gasteiger partial charge in [-0.2, -0.15) is 0 Å². The molecule has 0 saturated heterocycles. The van der Waals surface area contributed by atoms with Crippen LogP contribution in [-0.4, -0.2) is 32.7 Å². The Labute approximate surface area is 96.9 Å². The van der Waals surface area contributed by atoms with E-state index in [0.29, 0.717) is 13.1 Å². The Hall–Kier alpha value is -0.940. The molecule has 0 aliphatic heterocycles. The van der Waals surface area contributed by atoms with E-state index in [0.717, 1.165) is 12.1 Å². The highest BCUT2D eigenvalue weighted by Gasteiger charge is 2.16. The molecule has 1 atom stereocenters. The smallest absolute Gasteiger partial charge is 0.0964 e. The van der Waals surface area contributed by atoms with Crippen LogP contribution in [0.2, 0.25) is 0 Å². The molecule has 92 valence electrons. The number of hydrogen-bond acceptors (Lipinski definition) is 4. The quantitative estimate of drug-likeness (QED) is 0.776. The van der Waals surface area contributed by atoms with E-state index in [1.165, 1.54) is 0 Å². The van der Waals surface area contributed by atoms with Gasteiger partial charge in [0, 0.05) is 26.3 Å². The van der Waals surface area contributed by atoms with Crippen LogP contribution in [0.25, 0.3) is 0 Å². The third-order valence-electron chi connectivity index (χ3n) is 2.18. The Kier molecular flexibility index (Phi) is 4.44. The maximum Gasteiger partial charge on any atom is 0.0964 e. The van der Waals surface area contributed by atoms with Gasteiger partial charge >= 0.3 is 0 Å². The molecule has 1 heterocycles. The van der Waals surface area contributed by atoms with Crippen molar-refractivity contribution < 1.29 is 5.11 Å². The summed E-state index contributed by atoms with van der Waals surface area (Å²) in [6.07, 6.45) is 2.35. The Morgan fingerprint density at radius 2 is 2.19 bits per heavy atom. The van der Waals surface area contributed by atoms with Crippen LogP contribution in [0.4, 0.5) is 0 Å². The summed E-state index contributed by atoms with van der Waals surface area (Å²) < 4.78 is 1.67. The zero-order valence-electron chi connectivity index (χ0n) is 10.6. The largest absolute Gasteiger partial charge is 0.392 e. The number of nitrogens with one attached hydrogen (secondary N) is 1. The molecule has 0 aliphatic carbocycles. The molecule has 0 bridgehead atoms. The summed E-state index contributed by atoms with van der Waals surface area (Å²) in [5, 5.41) is 20.7. The number of aromatic nitrogens is 3. The lowest BCUT2D eigenvalue weighted by molar-refractivity contribution is 0.119. The van der Waals surface area contributed by atoms with E-state index in [4.69, 9.17) is 0 Å². The van der Waals surface area contributed by atoms with Crippen molar-refractivity contribution in [1.29, 1.82) is 0 Å². The normalized spacial score (nSPS) is 14.1. The van der Waals surface area contributed by atoms with Crippen molar-refractivity contribution in [3.63, 3.8) is 0 Å². The Balaban J connectivity index is 2.20. The topological polar surface area (TPSA) is 63.0 Å². The summed E-state index contributed by atoms with van der Waals surface area (Å²) in [5.41, 5.74) is 1.05. The van der Waals surface area contributed by atoms with E-state index < -0.39 is 0 Å². The average molecular weight is 226 g/mol. The van der Waals surface area contributed by atoms with Gasteiger partial charge in [-0.3, -0.25) is 4.68 Å². The number of nitrogens with zero attached hydrogens (tertiary/aromatic N) is 3. The molecular weight excluding hydrogens is 204 g/mol. The lowest BCUT2D eigenvalue weighted by Gasteiger charge is -2.22. The summed E-state index contributed by atoms with van der Waals surface area (Å²) >= 11 is 0. The molecule has 5 heteroatoms. The fourth-order valence-corrected chi connectivity index (χ4v) is 1.62. The lowest BCUT2D eigenvalue weighted by atomic mass is 9.89. The monoisotopic (exact) mass is 226 g/mol. The van der Waals surface area contributed by atoms with Crippen LogP contribution in [0, 0.1) is 5.41 Å². The molecule has 1 rings (SSSR count). The molecule has 1 aromatic heterocycles. The number of aliphatic hydroxyl groups is 1. The molecule has 16 heavy (non-hydrogen) atoms. The minimum absolute atomic E-state index is 0.160. The van der Waals surface area contributed by atoms with Gasteiger partial charge in [-0.15, -0.1) is 5.10 Å². The molecule has 1 aromatic rings. The molecule has 0 aromatic carbocycles. The van der Waals surface area contributed by atoms with Gasteiger partial charge in [-0.05, 0) is 11.8 Å². The fourth-order valence-electron chi connectivity index (χ4n) is 1.62. The second-order valence-corrected chi connectivity index (χ2v) is 5.43. The molecular formula is C11H22N4O. The standard InChI is InChI=1S/C11H22N4O/c1-11(2,3)5-10(16)7-12-6-9-8-15(4)14-13-9/h8,10,12,16H,5-7H2,1-4H3. The van der Waals surface area contributed by atoms with Crippen molar-refractivity contribution in [2.24, 2.45) is 12.5 Å². The SMILES string of the molecule is Cn1cc(CNCC(O)CC(C)(C)C)nn1. The average Bonchev–Trinajstić information content (AvgIpc) is 2.48. The van der Waals surface area contributed by atoms with Crippen molar-refractivity contribution >= 4 is 0 Å². The molecule has 0 spiro atoms. The highest BCUT2D eigenvalue weighted by molar-refractivity contribution is 4.90. The third kappa shape index (κ3) is 5.23. The van der Waals surface area contributed by atoms with Gasteiger partial charge in [0.2, 0.25) is 0 Å². The van der Waals surface area contributed by atoms with Crippen LogP contribution in [0.1, 0.15) is 32.9 Å². The second-order valence-electron chi connectivity index (χ2n) is 5.43. The molecule has 2 N–H and O–H groups in total. The van der Waals surface area contributed by atoms with Gasteiger partial charge in [-0.1, -0.05) is 26.0 Å². The van der Waals surface area contributed by atoms with Crippen LogP contribution in [0.15, 0.2) is 6.20 Å². The first-order valence-corrected chi connectivity index (χ1v) is 5.61. The lowest BCUT2D eigenvalue weighted by Crippen LogP contribution is -2.29. The fraction of sp³-hybridized carbons (Fsp3) is 0.818. The van der Waals surface area contributed by atoms with Gasteiger partial charge in [-0.25, -0.2) is 0 Å². The van der Waals surface area contributed by atoms with Gasteiger partial charge in [0.1, 0.15) is 0 Å². The van der Waals surface area contributed by atoms with Gasteiger partial charge < -0.3 is 10.4 Å². The summed E-state index contributed by atoms with van der Waals surface area (Å²) in [5.74, 6) is 0. The summed E-state index contributed by atoms with van der Waals surface area (Å²) in [6, 6.07) is 0. The van der Waals surface area contributed by atoms with E-state index in [9.17, 15) is 5.11 Å². The van der Waals surface area contributed by atoms with Gasteiger partial charge in [0.05, 0.1) is 11.8 Å². The zero-order chi connectivity index (χ0) is 12.2. The summed E-state index contributed by atoms with van der Waals surface area (Å²) in [4.78, 5) is 0. The van der Waals surface area contributed by atoms with Crippen LogP contribution in [0.5, 0.6) is 0 Å². The first-order valence-electron chi connectivity index (χ1n) is 5.61. The molecule has 5 nitrogen and oxygen atoms in total. The van der Waals surface area contributed by atoms with Crippen molar-refractivity contribution in [1.82, 2.24) is 20.3 Å². The molecule has 0 radical (unpaired) electrons. The first kappa shape index (κ1) is 13.1. The second kappa shape index (κ2) is 5.41. The molecule has 0 saturated carbocycles. The predicted octanol–water partition coefficient (Wildman–Crippen LogP) is 0.702. The summed E-state index contributed by atoms with van der Waals surface area (Å²) in [7, 11) is 1.84. The van der Waals surface area contributed by atoms with Crippen LogP contribution in [0.3, 0.4) is 0 Å². The molecule has 0 fully saturated rings. The van der Waals surface area contributed by atoms with E-state index in [2.05, 4.69) is 36.4 Å². The first-order chi connectivity index (χ1) is 7.37. The van der Waals surface area contributed by atoms with Gasteiger partial charge in [0.15, 0.2) is 0 Å². The van der Waals surface area contributed by atoms with Crippen molar-refractivity contribution in [2.75, 3.05) is 6.54 Å². The van der Waals surface area contributed by atoms with Crippen molar-refractivity contribution in [3.05, 3.63) is 11.9 Å². The predicted molar refractivity (Wildman–Crippen MR) is 62.8 cm³/mol.